The Morgan fingerprint density at radius 3 is 3.08 bits per heavy atom. The third kappa shape index (κ3) is 2.65. The van der Waals surface area contributed by atoms with Crippen molar-refractivity contribution in [1.82, 2.24) is 4.90 Å². The van der Waals surface area contributed by atoms with Crippen molar-refractivity contribution in [3.8, 4) is 0 Å². The average molecular weight is 348 g/mol. The van der Waals surface area contributed by atoms with Crippen LogP contribution in [0.25, 0.3) is 16.5 Å². The molecular formula is C21H20N2O3. The fraction of sp³-hybridized carbons (Fsp3) is 0.286. The average Bonchev–Trinajstić information content (AvgIpc) is 3.40. The van der Waals surface area contributed by atoms with Gasteiger partial charge in [-0.3, -0.25) is 9.69 Å². The molecule has 26 heavy (non-hydrogen) atoms. The minimum atomic E-state index is -0.252. The molecule has 0 bridgehead atoms. The Morgan fingerprint density at radius 2 is 2.19 bits per heavy atom. The third-order valence-electron chi connectivity index (χ3n) is 5.45. The summed E-state index contributed by atoms with van der Waals surface area (Å²) >= 11 is 0. The van der Waals surface area contributed by atoms with E-state index in [1.54, 1.807) is 12.1 Å². The number of amides is 1. The van der Waals surface area contributed by atoms with E-state index in [0.29, 0.717) is 11.8 Å². The van der Waals surface area contributed by atoms with E-state index in [2.05, 4.69) is 16.3 Å². The zero-order chi connectivity index (χ0) is 17.5. The van der Waals surface area contributed by atoms with Crippen LogP contribution < -0.4 is 5.32 Å². The van der Waals surface area contributed by atoms with Crippen molar-refractivity contribution in [2.75, 3.05) is 18.4 Å². The van der Waals surface area contributed by atoms with Crippen molar-refractivity contribution in [3.63, 3.8) is 0 Å². The highest BCUT2D eigenvalue weighted by molar-refractivity contribution is 6.04. The Kier molecular flexibility index (Phi) is 3.68. The summed E-state index contributed by atoms with van der Waals surface area (Å²) in [5.41, 5.74) is 4.06. The smallest absolute Gasteiger partial charge is 0.291 e. The molecule has 0 spiro atoms. The number of furan rings is 2. The first kappa shape index (κ1) is 15.5. The molecule has 132 valence electrons. The standard InChI is InChI=1S/C21H20N2O3/c24-21(20-4-2-10-25-20)22-15-5-6-19-17(12-15)18(13-26-19)14-7-9-23-8-1-3-16(23)11-14/h2,4-7,10,12-13,16H,1,3,8-9,11H2,(H,22,24). The molecule has 4 heterocycles. The number of fused-ring (bicyclic) bond motifs is 2. The lowest BCUT2D eigenvalue weighted by Gasteiger charge is -2.28. The van der Waals surface area contributed by atoms with Crippen LogP contribution in [-0.4, -0.2) is 29.9 Å². The third-order valence-corrected chi connectivity index (χ3v) is 5.45. The summed E-state index contributed by atoms with van der Waals surface area (Å²) in [6.07, 6.45) is 9.30. The fourth-order valence-electron chi connectivity index (χ4n) is 4.11. The molecule has 1 aromatic carbocycles. The fourth-order valence-corrected chi connectivity index (χ4v) is 4.11. The number of hydrogen-bond donors (Lipinski definition) is 1. The van der Waals surface area contributed by atoms with Gasteiger partial charge in [0.2, 0.25) is 0 Å². The van der Waals surface area contributed by atoms with Gasteiger partial charge in [-0.2, -0.15) is 0 Å². The van der Waals surface area contributed by atoms with E-state index in [4.69, 9.17) is 8.83 Å². The summed E-state index contributed by atoms with van der Waals surface area (Å²) in [7, 11) is 0. The lowest BCUT2D eigenvalue weighted by atomic mass is 9.94. The van der Waals surface area contributed by atoms with E-state index in [1.165, 1.54) is 31.2 Å². The summed E-state index contributed by atoms with van der Waals surface area (Å²) in [5.74, 6) is 0.0479. The normalized spacial score (nSPS) is 20.2. The number of rotatable bonds is 3. The lowest BCUT2D eigenvalue weighted by molar-refractivity contribution is 0.0996. The van der Waals surface area contributed by atoms with Gasteiger partial charge in [-0.25, -0.2) is 0 Å². The highest BCUT2D eigenvalue weighted by Crippen LogP contribution is 2.36. The van der Waals surface area contributed by atoms with Crippen molar-refractivity contribution in [2.45, 2.75) is 25.3 Å². The van der Waals surface area contributed by atoms with Gasteiger partial charge in [0.1, 0.15) is 5.58 Å². The van der Waals surface area contributed by atoms with Crippen LogP contribution in [0.1, 0.15) is 35.4 Å². The summed E-state index contributed by atoms with van der Waals surface area (Å²) in [6, 6.07) is 9.75. The van der Waals surface area contributed by atoms with Crippen LogP contribution in [-0.2, 0) is 0 Å². The highest BCUT2D eigenvalue weighted by atomic mass is 16.3. The van der Waals surface area contributed by atoms with Gasteiger partial charge in [0.05, 0.1) is 12.5 Å². The van der Waals surface area contributed by atoms with Crippen molar-refractivity contribution in [3.05, 3.63) is 60.3 Å². The Hall–Kier alpha value is -2.79. The quantitative estimate of drug-likeness (QED) is 0.755. The van der Waals surface area contributed by atoms with Crippen molar-refractivity contribution < 1.29 is 13.6 Å². The number of hydrogen-bond acceptors (Lipinski definition) is 4. The van der Waals surface area contributed by atoms with E-state index in [1.807, 2.05) is 24.5 Å². The highest BCUT2D eigenvalue weighted by Gasteiger charge is 2.29. The Bertz CT molecular complexity index is 984. The zero-order valence-electron chi connectivity index (χ0n) is 14.4. The molecule has 1 unspecified atom stereocenters. The first-order valence-electron chi connectivity index (χ1n) is 9.07. The summed E-state index contributed by atoms with van der Waals surface area (Å²) in [6.45, 7) is 2.23. The van der Waals surface area contributed by atoms with Gasteiger partial charge < -0.3 is 14.2 Å². The number of carbonyl (C=O) groups is 1. The van der Waals surface area contributed by atoms with E-state index in [-0.39, 0.29) is 5.91 Å². The molecule has 2 aromatic heterocycles. The molecule has 2 aliphatic heterocycles. The van der Waals surface area contributed by atoms with Gasteiger partial charge in [-0.15, -0.1) is 0 Å². The Morgan fingerprint density at radius 1 is 1.23 bits per heavy atom. The summed E-state index contributed by atoms with van der Waals surface area (Å²) in [5, 5.41) is 3.93. The maximum absolute atomic E-state index is 12.2. The predicted molar refractivity (Wildman–Crippen MR) is 100 cm³/mol. The van der Waals surface area contributed by atoms with Gasteiger partial charge >= 0.3 is 0 Å². The van der Waals surface area contributed by atoms with Crippen molar-refractivity contribution in [1.29, 1.82) is 0 Å². The first-order valence-corrected chi connectivity index (χ1v) is 9.07. The molecule has 3 aromatic rings. The SMILES string of the molecule is O=C(Nc1ccc2occ(C3=CCN4CCCC4C3)c2c1)c1ccco1. The maximum Gasteiger partial charge on any atom is 0.291 e. The number of nitrogens with zero attached hydrogens (tertiary/aromatic N) is 1. The molecule has 5 rings (SSSR count). The van der Waals surface area contributed by atoms with Gasteiger partial charge in [0.15, 0.2) is 5.76 Å². The van der Waals surface area contributed by atoms with Crippen LogP contribution >= 0.6 is 0 Å². The van der Waals surface area contributed by atoms with E-state index < -0.39 is 0 Å². The molecule has 5 heteroatoms. The molecular weight excluding hydrogens is 328 g/mol. The van der Waals surface area contributed by atoms with Gasteiger partial charge in [0.25, 0.3) is 5.91 Å². The number of nitrogens with one attached hydrogen (secondary N) is 1. The largest absolute Gasteiger partial charge is 0.464 e. The second-order valence-corrected chi connectivity index (χ2v) is 7.02. The van der Waals surface area contributed by atoms with Crippen molar-refractivity contribution in [2.24, 2.45) is 0 Å². The molecule has 0 saturated carbocycles. The zero-order valence-corrected chi connectivity index (χ0v) is 14.4. The molecule has 1 N–H and O–H groups in total. The Balaban J connectivity index is 1.45. The Labute approximate surface area is 151 Å². The molecule has 1 saturated heterocycles. The monoisotopic (exact) mass is 348 g/mol. The number of anilines is 1. The van der Waals surface area contributed by atoms with Crippen LogP contribution in [0.15, 0.2) is 57.8 Å². The minimum absolute atomic E-state index is 0.252. The second-order valence-electron chi connectivity index (χ2n) is 7.02. The van der Waals surface area contributed by atoms with Crippen LogP contribution in [0, 0.1) is 0 Å². The molecule has 1 atom stereocenters. The van der Waals surface area contributed by atoms with Crippen LogP contribution in [0.5, 0.6) is 0 Å². The molecule has 2 aliphatic rings. The van der Waals surface area contributed by atoms with Gasteiger partial charge in [-0.1, -0.05) is 6.08 Å². The number of carbonyl (C=O) groups excluding carboxylic acids is 1. The summed E-state index contributed by atoms with van der Waals surface area (Å²) in [4.78, 5) is 14.8. The minimum Gasteiger partial charge on any atom is -0.464 e. The topological polar surface area (TPSA) is 58.6 Å². The molecule has 0 aliphatic carbocycles. The van der Waals surface area contributed by atoms with Crippen LogP contribution in [0.2, 0.25) is 0 Å². The number of benzene rings is 1. The van der Waals surface area contributed by atoms with E-state index in [9.17, 15) is 4.79 Å². The summed E-state index contributed by atoms with van der Waals surface area (Å²) < 4.78 is 10.9. The van der Waals surface area contributed by atoms with Crippen molar-refractivity contribution >= 4 is 28.1 Å². The second kappa shape index (κ2) is 6.18. The van der Waals surface area contributed by atoms with Crippen LogP contribution in [0.3, 0.4) is 0 Å². The van der Waals surface area contributed by atoms with E-state index in [0.717, 1.165) is 35.2 Å². The lowest BCUT2D eigenvalue weighted by Crippen LogP contribution is -2.32. The van der Waals surface area contributed by atoms with Crippen LogP contribution in [0.4, 0.5) is 5.69 Å². The van der Waals surface area contributed by atoms with E-state index >= 15 is 0 Å². The molecule has 1 fully saturated rings. The first-order chi connectivity index (χ1) is 12.8. The van der Waals surface area contributed by atoms with Gasteiger partial charge in [0, 0.05) is 29.2 Å². The predicted octanol–water partition coefficient (Wildman–Crippen LogP) is 4.53. The molecule has 0 radical (unpaired) electrons. The molecule has 5 nitrogen and oxygen atoms in total. The maximum atomic E-state index is 12.2. The van der Waals surface area contributed by atoms with Gasteiger partial charge in [-0.05, 0) is 61.7 Å². The molecule has 1 amide bonds.